The maximum atomic E-state index is 13.6. The normalized spacial score (nSPS) is 12.1. The minimum Gasteiger partial charge on any atom is -0.394 e. The lowest BCUT2D eigenvalue weighted by Crippen LogP contribution is -2.39. The Bertz CT molecular complexity index is 1620. The Morgan fingerprint density at radius 2 is 1.92 bits per heavy atom. The highest BCUT2D eigenvalue weighted by atomic mass is 35.5. The number of nitrogens with zero attached hydrogens (tertiary/aromatic N) is 5. The lowest BCUT2D eigenvalue weighted by atomic mass is 10.1. The number of fused-ring (bicyclic) bond motifs is 1. The molecule has 1 amide bonds. The number of rotatable bonds is 8. The van der Waals surface area contributed by atoms with Crippen LogP contribution in [0.15, 0.2) is 59.4 Å². The molecule has 1 atom stereocenters. The number of pyridine rings is 1. The molecule has 0 aliphatic rings. The zero-order chi connectivity index (χ0) is 26.8. The molecular formula is C26H23Cl2N7O3. The third-order valence-electron chi connectivity index (χ3n) is 6.11. The standard InChI is InChI=1S/C26H23Cl2N7O3/c1-2-35-23-19(26(37)31-18(13-36)10-14-6-8-16(27)9-7-14)12-30-20(15-4-3-5-17(28)11-15)21(23)32-25(35)22-24(29)34-38-33-22/h3-9,11-12,18,36H,2,10,13H2,1H3,(H2,29,34)(H,31,37). The highest BCUT2D eigenvalue weighted by molar-refractivity contribution is 6.31. The number of imidazole rings is 1. The Morgan fingerprint density at radius 3 is 2.58 bits per heavy atom. The number of nitrogens with one attached hydrogen (secondary N) is 1. The molecule has 0 saturated heterocycles. The van der Waals surface area contributed by atoms with Gasteiger partial charge in [-0.1, -0.05) is 47.5 Å². The molecule has 0 spiro atoms. The van der Waals surface area contributed by atoms with Crippen LogP contribution in [0.25, 0.3) is 33.8 Å². The summed E-state index contributed by atoms with van der Waals surface area (Å²) in [5.74, 6) is 0.0357. The number of aryl methyl sites for hydroxylation is 1. The van der Waals surface area contributed by atoms with Gasteiger partial charge in [-0.3, -0.25) is 9.78 Å². The molecule has 0 aliphatic carbocycles. The fourth-order valence-electron chi connectivity index (χ4n) is 4.32. The topological polar surface area (TPSA) is 145 Å². The predicted molar refractivity (Wildman–Crippen MR) is 145 cm³/mol. The fourth-order valence-corrected chi connectivity index (χ4v) is 4.64. The number of amides is 1. The van der Waals surface area contributed by atoms with Crippen molar-refractivity contribution in [2.75, 3.05) is 12.3 Å². The Kier molecular flexibility index (Phi) is 7.28. The van der Waals surface area contributed by atoms with E-state index in [1.54, 1.807) is 24.3 Å². The first-order valence-corrected chi connectivity index (χ1v) is 12.5. The summed E-state index contributed by atoms with van der Waals surface area (Å²) in [5.41, 5.74) is 9.66. The van der Waals surface area contributed by atoms with E-state index in [1.807, 2.05) is 35.8 Å². The number of aromatic nitrogens is 5. The average molecular weight is 552 g/mol. The summed E-state index contributed by atoms with van der Waals surface area (Å²) < 4.78 is 6.62. The van der Waals surface area contributed by atoms with Gasteiger partial charge in [0.15, 0.2) is 17.3 Å². The number of hydrogen-bond donors (Lipinski definition) is 3. The van der Waals surface area contributed by atoms with E-state index in [2.05, 4.69) is 20.6 Å². The van der Waals surface area contributed by atoms with Gasteiger partial charge in [-0.15, -0.1) is 0 Å². The van der Waals surface area contributed by atoms with E-state index in [1.165, 1.54) is 6.20 Å². The third-order valence-corrected chi connectivity index (χ3v) is 6.59. The molecule has 2 aromatic carbocycles. The first-order valence-electron chi connectivity index (χ1n) is 11.8. The molecule has 5 rings (SSSR count). The van der Waals surface area contributed by atoms with Crippen LogP contribution in [-0.2, 0) is 13.0 Å². The Hall–Kier alpha value is -3.99. The maximum Gasteiger partial charge on any atom is 0.255 e. The lowest BCUT2D eigenvalue weighted by molar-refractivity contribution is 0.0917. The molecular weight excluding hydrogens is 529 g/mol. The summed E-state index contributed by atoms with van der Waals surface area (Å²) in [4.78, 5) is 23.0. The van der Waals surface area contributed by atoms with E-state index >= 15 is 0 Å². The van der Waals surface area contributed by atoms with E-state index in [0.717, 1.165) is 11.1 Å². The van der Waals surface area contributed by atoms with Crippen LogP contribution in [0.3, 0.4) is 0 Å². The van der Waals surface area contributed by atoms with Crippen LogP contribution in [0.1, 0.15) is 22.8 Å². The summed E-state index contributed by atoms with van der Waals surface area (Å²) in [7, 11) is 0. The number of carbonyl (C=O) groups is 1. The molecule has 12 heteroatoms. The number of hydrogen-bond acceptors (Lipinski definition) is 8. The monoisotopic (exact) mass is 551 g/mol. The van der Waals surface area contributed by atoms with Gasteiger partial charge >= 0.3 is 0 Å². The van der Waals surface area contributed by atoms with Crippen LogP contribution in [0.4, 0.5) is 5.82 Å². The van der Waals surface area contributed by atoms with Crippen molar-refractivity contribution in [1.82, 2.24) is 30.2 Å². The van der Waals surface area contributed by atoms with Gasteiger partial charge in [0.25, 0.3) is 5.91 Å². The average Bonchev–Trinajstić information content (AvgIpc) is 3.51. The van der Waals surface area contributed by atoms with Crippen molar-refractivity contribution in [3.8, 4) is 22.8 Å². The quantitative estimate of drug-likeness (QED) is 0.257. The van der Waals surface area contributed by atoms with Gasteiger partial charge in [0.1, 0.15) is 5.52 Å². The van der Waals surface area contributed by atoms with E-state index in [4.69, 9.17) is 38.5 Å². The zero-order valence-corrected chi connectivity index (χ0v) is 21.7. The second kappa shape index (κ2) is 10.8. The summed E-state index contributed by atoms with van der Waals surface area (Å²) in [5, 5.41) is 21.7. The number of nitrogens with two attached hydrogens (primary N) is 1. The molecule has 38 heavy (non-hydrogen) atoms. The molecule has 0 saturated carbocycles. The molecule has 5 aromatic rings. The lowest BCUT2D eigenvalue weighted by Gasteiger charge is -2.17. The number of anilines is 1. The second-order valence-electron chi connectivity index (χ2n) is 8.59. The molecule has 0 fully saturated rings. The molecule has 4 N–H and O–H groups in total. The third kappa shape index (κ3) is 4.93. The number of benzene rings is 2. The van der Waals surface area contributed by atoms with Gasteiger partial charge in [0.2, 0.25) is 0 Å². The SMILES string of the molecule is CCn1c(-c2nonc2N)nc2c(-c3cccc(Cl)c3)ncc(C(=O)NC(CO)Cc3ccc(Cl)cc3)c21. The molecule has 0 bridgehead atoms. The first kappa shape index (κ1) is 25.7. The van der Waals surface area contributed by atoms with Crippen LogP contribution in [0.2, 0.25) is 10.0 Å². The van der Waals surface area contributed by atoms with Gasteiger partial charge in [0.05, 0.1) is 29.4 Å². The molecule has 3 heterocycles. The van der Waals surface area contributed by atoms with Crippen molar-refractivity contribution in [2.24, 2.45) is 0 Å². The van der Waals surface area contributed by atoms with Crippen LogP contribution in [0.5, 0.6) is 0 Å². The van der Waals surface area contributed by atoms with Crippen molar-refractivity contribution in [1.29, 1.82) is 0 Å². The summed E-state index contributed by atoms with van der Waals surface area (Å²) in [6, 6.07) is 13.9. The second-order valence-corrected chi connectivity index (χ2v) is 9.46. The minimum absolute atomic E-state index is 0.0709. The van der Waals surface area contributed by atoms with Gasteiger partial charge in [-0.2, -0.15) is 0 Å². The highest BCUT2D eigenvalue weighted by Gasteiger charge is 2.26. The largest absolute Gasteiger partial charge is 0.394 e. The van der Waals surface area contributed by atoms with Crippen molar-refractivity contribution >= 4 is 46.0 Å². The van der Waals surface area contributed by atoms with Crippen molar-refractivity contribution in [2.45, 2.75) is 25.9 Å². The van der Waals surface area contributed by atoms with Gasteiger partial charge in [-0.05, 0) is 53.5 Å². The molecule has 0 radical (unpaired) electrons. The van der Waals surface area contributed by atoms with E-state index < -0.39 is 11.9 Å². The first-order chi connectivity index (χ1) is 18.4. The number of aliphatic hydroxyl groups is 1. The number of nitrogen functional groups attached to an aromatic ring is 1. The minimum atomic E-state index is -0.542. The van der Waals surface area contributed by atoms with Gasteiger partial charge in [-0.25, -0.2) is 9.61 Å². The molecule has 0 aliphatic heterocycles. The Labute approximate surface area is 227 Å². The smallest absolute Gasteiger partial charge is 0.255 e. The zero-order valence-electron chi connectivity index (χ0n) is 20.2. The maximum absolute atomic E-state index is 13.6. The van der Waals surface area contributed by atoms with Gasteiger partial charge in [0, 0.05) is 28.4 Å². The van der Waals surface area contributed by atoms with Crippen molar-refractivity contribution in [3.63, 3.8) is 0 Å². The molecule has 10 nitrogen and oxygen atoms in total. The van der Waals surface area contributed by atoms with E-state index in [0.29, 0.717) is 45.6 Å². The predicted octanol–water partition coefficient (Wildman–Crippen LogP) is 4.39. The molecule has 1 unspecified atom stereocenters. The van der Waals surface area contributed by atoms with Crippen molar-refractivity contribution < 1.29 is 14.5 Å². The highest BCUT2D eigenvalue weighted by Crippen LogP contribution is 2.34. The van der Waals surface area contributed by atoms with Crippen LogP contribution < -0.4 is 11.1 Å². The van der Waals surface area contributed by atoms with Gasteiger partial charge < -0.3 is 20.7 Å². The Balaban J connectivity index is 1.61. The van der Waals surface area contributed by atoms with Crippen molar-refractivity contribution in [3.05, 3.63) is 75.9 Å². The molecule has 194 valence electrons. The summed E-state index contributed by atoms with van der Waals surface area (Å²) in [6.07, 6.45) is 1.91. The number of halogens is 2. The van der Waals surface area contributed by atoms with E-state index in [-0.39, 0.29) is 23.7 Å². The molecule has 3 aromatic heterocycles. The number of aliphatic hydroxyl groups excluding tert-OH is 1. The van der Waals surface area contributed by atoms with Crippen LogP contribution in [-0.4, -0.2) is 48.5 Å². The van der Waals surface area contributed by atoms with Crippen LogP contribution in [0, 0.1) is 0 Å². The van der Waals surface area contributed by atoms with Crippen LogP contribution >= 0.6 is 23.2 Å². The van der Waals surface area contributed by atoms with E-state index in [9.17, 15) is 9.90 Å². The Morgan fingerprint density at radius 1 is 1.13 bits per heavy atom. The summed E-state index contributed by atoms with van der Waals surface area (Å²) >= 11 is 12.2. The fraction of sp³-hybridized carbons (Fsp3) is 0.192. The number of carbonyl (C=O) groups excluding carboxylic acids is 1. The summed E-state index contributed by atoms with van der Waals surface area (Å²) in [6.45, 7) is 2.09.